The third-order valence-corrected chi connectivity index (χ3v) is 4.13. The molecule has 1 heterocycles. The number of nitrogens with two attached hydrogens (primary N) is 1. The topological polar surface area (TPSA) is 29.3 Å². The molecule has 1 aliphatic carbocycles. The van der Waals surface area contributed by atoms with E-state index >= 15 is 0 Å². The fourth-order valence-electron chi connectivity index (χ4n) is 2.23. The summed E-state index contributed by atoms with van der Waals surface area (Å²) >= 11 is 1.78. The van der Waals surface area contributed by atoms with E-state index in [1.165, 1.54) is 24.0 Å². The summed E-state index contributed by atoms with van der Waals surface area (Å²) in [5, 5.41) is 4.40. The van der Waals surface area contributed by atoms with Crippen molar-refractivity contribution >= 4 is 17.0 Å². The van der Waals surface area contributed by atoms with Crippen molar-refractivity contribution in [2.24, 2.45) is 0 Å². The smallest absolute Gasteiger partial charge is 0.0314 e. The molecule has 0 radical (unpaired) electrons. The van der Waals surface area contributed by atoms with Crippen molar-refractivity contribution < 1.29 is 0 Å². The Morgan fingerprint density at radius 2 is 1.78 bits per heavy atom. The number of nitrogen functional groups attached to an aromatic ring is 1. The second-order valence-corrected chi connectivity index (χ2v) is 5.79. The maximum atomic E-state index is 5.73. The summed E-state index contributed by atoms with van der Waals surface area (Å²) in [6.07, 6.45) is 2.69. The van der Waals surface area contributed by atoms with Crippen LogP contribution in [-0.2, 0) is 13.1 Å². The van der Waals surface area contributed by atoms with Crippen LogP contribution in [0.15, 0.2) is 41.1 Å². The van der Waals surface area contributed by atoms with Gasteiger partial charge in [0.15, 0.2) is 0 Å². The molecule has 1 aliphatic rings. The zero-order valence-electron chi connectivity index (χ0n) is 10.4. The molecular formula is C15H18N2S. The van der Waals surface area contributed by atoms with Crippen molar-refractivity contribution in [3.8, 4) is 0 Å². The summed E-state index contributed by atoms with van der Waals surface area (Å²) in [6.45, 7) is 2.10. The van der Waals surface area contributed by atoms with Gasteiger partial charge in [0.05, 0.1) is 0 Å². The van der Waals surface area contributed by atoms with Gasteiger partial charge in [-0.1, -0.05) is 12.1 Å². The van der Waals surface area contributed by atoms with Gasteiger partial charge in [-0.15, -0.1) is 0 Å². The number of thiophene rings is 1. The Morgan fingerprint density at radius 1 is 1.06 bits per heavy atom. The zero-order chi connectivity index (χ0) is 12.4. The first-order valence-corrected chi connectivity index (χ1v) is 7.35. The maximum Gasteiger partial charge on any atom is 0.0314 e. The van der Waals surface area contributed by atoms with Crippen molar-refractivity contribution in [1.29, 1.82) is 0 Å². The fraction of sp³-hybridized carbons (Fsp3) is 0.333. The Labute approximate surface area is 112 Å². The van der Waals surface area contributed by atoms with Gasteiger partial charge >= 0.3 is 0 Å². The molecular weight excluding hydrogens is 240 g/mol. The summed E-state index contributed by atoms with van der Waals surface area (Å²) in [6, 6.07) is 11.3. The molecule has 0 amide bonds. The zero-order valence-corrected chi connectivity index (χ0v) is 11.2. The molecule has 0 atom stereocenters. The van der Waals surface area contributed by atoms with Crippen LogP contribution in [0, 0.1) is 0 Å². The van der Waals surface area contributed by atoms with Crippen LogP contribution >= 0.6 is 11.3 Å². The van der Waals surface area contributed by atoms with E-state index in [4.69, 9.17) is 5.73 Å². The molecule has 2 aromatic rings. The van der Waals surface area contributed by atoms with E-state index in [1.807, 2.05) is 12.1 Å². The van der Waals surface area contributed by atoms with Gasteiger partial charge < -0.3 is 5.73 Å². The number of nitrogens with zero attached hydrogens (tertiary/aromatic N) is 1. The van der Waals surface area contributed by atoms with Gasteiger partial charge in [0.2, 0.25) is 0 Å². The molecule has 94 valence electrons. The standard InChI is InChI=1S/C15H18N2S/c16-14-3-1-12(2-4-14)9-17(15-5-6-15)10-13-7-8-18-11-13/h1-4,7-8,11,15H,5-6,9-10,16H2. The Morgan fingerprint density at radius 3 is 2.39 bits per heavy atom. The number of anilines is 1. The second-order valence-electron chi connectivity index (χ2n) is 5.01. The van der Waals surface area contributed by atoms with Crippen molar-refractivity contribution in [2.45, 2.75) is 32.0 Å². The second kappa shape index (κ2) is 5.12. The maximum absolute atomic E-state index is 5.73. The minimum atomic E-state index is 0.780. The van der Waals surface area contributed by atoms with E-state index in [2.05, 4.69) is 33.9 Å². The molecule has 18 heavy (non-hydrogen) atoms. The van der Waals surface area contributed by atoms with E-state index in [9.17, 15) is 0 Å². The molecule has 0 bridgehead atoms. The highest BCUT2D eigenvalue weighted by molar-refractivity contribution is 7.07. The summed E-state index contributed by atoms with van der Waals surface area (Å²) in [5.41, 5.74) is 9.36. The minimum absolute atomic E-state index is 0.780. The SMILES string of the molecule is Nc1ccc(CN(Cc2ccsc2)C2CC2)cc1. The van der Waals surface area contributed by atoms with Crippen LogP contribution in [0.2, 0.25) is 0 Å². The van der Waals surface area contributed by atoms with E-state index in [0.717, 1.165) is 24.8 Å². The van der Waals surface area contributed by atoms with Crippen LogP contribution in [0.25, 0.3) is 0 Å². The highest BCUT2D eigenvalue weighted by Gasteiger charge is 2.28. The Balaban J connectivity index is 1.68. The van der Waals surface area contributed by atoms with E-state index < -0.39 is 0 Å². The Bertz CT molecular complexity index is 486. The summed E-state index contributed by atoms with van der Waals surface area (Å²) in [5.74, 6) is 0. The summed E-state index contributed by atoms with van der Waals surface area (Å²) in [7, 11) is 0. The van der Waals surface area contributed by atoms with Gasteiger partial charge in [-0.25, -0.2) is 0 Å². The lowest BCUT2D eigenvalue weighted by Gasteiger charge is -2.21. The van der Waals surface area contributed by atoms with E-state index in [0.29, 0.717) is 0 Å². The Hall–Kier alpha value is -1.32. The normalized spacial score (nSPS) is 15.2. The Kier molecular flexibility index (Phi) is 3.35. The van der Waals surface area contributed by atoms with Crippen LogP contribution in [0.4, 0.5) is 5.69 Å². The molecule has 1 aromatic carbocycles. The first-order chi connectivity index (χ1) is 8.81. The van der Waals surface area contributed by atoms with E-state index in [1.54, 1.807) is 11.3 Å². The van der Waals surface area contributed by atoms with Gasteiger partial charge in [-0.2, -0.15) is 11.3 Å². The van der Waals surface area contributed by atoms with Crippen LogP contribution in [0.3, 0.4) is 0 Å². The lowest BCUT2D eigenvalue weighted by Crippen LogP contribution is -2.24. The van der Waals surface area contributed by atoms with Crippen molar-refractivity contribution in [1.82, 2.24) is 4.90 Å². The first-order valence-electron chi connectivity index (χ1n) is 6.41. The highest BCUT2D eigenvalue weighted by atomic mass is 32.1. The molecule has 1 saturated carbocycles. The first kappa shape index (κ1) is 11.8. The number of hydrogen-bond donors (Lipinski definition) is 1. The predicted octanol–water partition coefficient (Wildman–Crippen LogP) is 3.49. The largest absolute Gasteiger partial charge is 0.399 e. The average Bonchev–Trinajstić information content (AvgIpc) is 3.10. The number of benzene rings is 1. The lowest BCUT2D eigenvalue weighted by atomic mass is 10.2. The van der Waals surface area contributed by atoms with Gasteiger partial charge in [0.1, 0.15) is 0 Å². The predicted molar refractivity (Wildman–Crippen MR) is 77.4 cm³/mol. The van der Waals surface area contributed by atoms with Crippen molar-refractivity contribution in [3.05, 3.63) is 52.2 Å². The average molecular weight is 258 g/mol. The van der Waals surface area contributed by atoms with Crippen LogP contribution in [0.5, 0.6) is 0 Å². The van der Waals surface area contributed by atoms with Gasteiger partial charge in [-0.05, 0) is 52.9 Å². The number of rotatable bonds is 5. The van der Waals surface area contributed by atoms with E-state index in [-0.39, 0.29) is 0 Å². The van der Waals surface area contributed by atoms with Gasteiger partial charge in [0.25, 0.3) is 0 Å². The molecule has 2 N–H and O–H groups in total. The molecule has 1 aromatic heterocycles. The van der Waals surface area contributed by atoms with Gasteiger partial charge in [-0.3, -0.25) is 4.90 Å². The molecule has 0 aliphatic heterocycles. The van der Waals surface area contributed by atoms with Crippen LogP contribution < -0.4 is 5.73 Å². The molecule has 3 rings (SSSR count). The monoisotopic (exact) mass is 258 g/mol. The summed E-state index contributed by atoms with van der Waals surface area (Å²) < 4.78 is 0. The quantitative estimate of drug-likeness (QED) is 0.832. The van der Waals surface area contributed by atoms with Crippen molar-refractivity contribution in [3.63, 3.8) is 0 Å². The lowest BCUT2D eigenvalue weighted by molar-refractivity contribution is 0.246. The third kappa shape index (κ3) is 2.92. The van der Waals surface area contributed by atoms with Crippen molar-refractivity contribution in [2.75, 3.05) is 5.73 Å². The molecule has 0 spiro atoms. The van der Waals surface area contributed by atoms with Gasteiger partial charge in [0, 0.05) is 24.8 Å². The fourth-order valence-corrected chi connectivity index (χ4v) is 2.89. The molecule has 0 unspecified atom stereocenters. The van der Waals surface area contributed by atoms with Crippen LogP contribution in [-0.4, -0.2) is 10.9 Å². The third-order valence-electron chi connectivity index (χ3n) is 3.39. The molecule has 2 nitrogen and oxygen atoms in total. The van der Waals surface area contributed by atoms with Crippen LogP contribution in [0.1, 0.15) is 24.0 Å². The molecule has 1 fully saturated rings. The minimum Gasteiger partial charge on any atom is -0.399 e. The highest BCUT2D eigenvalue weighted by Crippen LogP contribution is 2.30. The molecule has 3 heteroatoms. The number of hydrogen-bond acceptors (Lipinski definition) is 3. The molecule has 0 saturated heterocycles. The summed E-state index contributed by atoms with van der Waals surface area (Å²) in [4.78, 5) is 2.58.